The Morgan fingerprint density at radius 3 is 2.44 bits per heavy atom. The maximum absolute atomic E-state index is 11.9. The van der Waals surface area contributed by atoms with Crippen molar-refractivity contribution in [2.45, 2.75) is 27.2 Å². The van der Waals surface area contributed by atoms with Crippen molar-refractivity contribution in [3.05, 3.63) is 12.2 Å². The van der Waals surface area contributed by atoms with E-state index in [9.17, 15) is 8.42 Å². The van der Waals surface area contributed by atoms with Gasteiger partial charge in [0.25, 0.3) is 0 Å². The number of likely N-dealkylation sites (N-methyl/N-ethyl adjacent to an activating group) is 1. The summed E-state index contributed by atoms with van der Waals surface area (Å²) in [5.41, 5.74) is 0.872. The highest BCUT2D eigenvalue weighted by Gasteiger charge is 2.19. The fourth-order valence-corrected chi connectivity index (χ4v) is 2.97. The lowest BCUT2D eigenvalue weighted by molar-refractivity contribution is 0.451. The summed E-state index contributed by atoms with van der Waals surface area (Å²) >= 11 is 0. The first-order chi connectivity index (χ1) is 7.44. The number of nitrogens with one attached hydrogen (secondary N) is 1. The minimum atomic E-state index is -3.12. The number of hydrogen-bond acceptors (Lipinski definition) is 3. The molecular weight excluding hydrogens is 224 g/mol. The van der Waals surface area contributed by atoms with E-state index in [1.54, 1.807) is 0 Å². The van der Waals surface area contributed by atoms with Gasteiger partial charge >= 0.3 is 0 Å². The second-order valence-corrected chi connectivity index (χ2v) is 5.99. The summed E-state index contributed by atoms with van der Waals surface area (Å²) in [4.78, 5) is 0. The van der Waals surface area contributed by atoms with Crippen molar-refractivity contribution in [1.82, 2.24) is 9.62 Å². The van der Waals surface area contributed by atoms with Crippen LogP contribution in [0.4, 0.5) is 0 Å². The molecule has 0 fully saturated rings. The van der Waals surface area contributed by atoms with Gasteiger partial charge in [0.15, 0.2) is 0 Å². The average molecular weight is 248 g/mol. The van der Waals surface area contributed by atoms with E-state index in [-0.39, 0.29) is 5.75 Å². The van der Waals surface area contributed by atoms with Gasteiger partial charge in [0.1, 0.15) is 0 Å². The Bertz CT molecular complexity index is 299. The predicted octanol–water partition coefficient (Wildman–Crippen LogP) is 1.21. The van der Waals surface area contributed by atoms with Crippen molar-refractivity contribution < 1.29 is 8.42 Å². The average Bonchev–Trinajstić information content (AvgIpc) is 2.20. The Morgan fingerprint density at radius 2 is 2.00 bits per heavy atom. The normalized spacial score (nSPS) is 12.0. The van der Waals surface area contributed by atoms with Crippen LogP contribution in [0.25, 0.3) is 0 Å². The largest absolute Gasteiger partial charge is 0.317 e. The van der Waals surface area contributed by atoms with Gasteiger partial charge in [-0.25, -0.2) is 8.42 Å². The third-order valence-corrected chi connectivity index (χ3v) is 4.18. The minimum Gasteiger partial charge on any atom is -0.317 e. The van der Waals surface area contributed by atoms with E-state index in [1.165, 1.54) is 4.31 Å². The lowest BCUT2D eigenvalue weighted by Crippen LogP contribution is -2.35. The van der Waals surface area contributed by atoms with Crippen molar-refractivity contribution in [2.75, 3.05) is 31.9 Å². The third-order valence-electron chi connectivity index (χ3n) is 2.20. The lowest BCUT2D eigenvalue weighted by atomic mass is 10.3. The van der Waals surface area contributed by atoms with Crippen LogP contribution >= 0.6 is 0 Å². The zero-order chi connectivity index (χ0) is 12.6. The molecule has 1 N–H and O–H groups in total. The SMILES string of the molecule is C=C(C)CN(CC)S(=O)(=O)CCCNCC. The molecule has 0 aromatic rings. The molecule has 0 atom stereocenters. The molecule has 0 bridgehead atoms. The Morgan fingerprint density at radius 1 is 1.38 bits per heavy atom. The number of nitrogens with zero attached hydrogens (tertiary/aromatic N) is 1. The zero-order valence-electron chi connectivity index (χ0n) is 10.6. The van der Waals surface area contributed by atoms with Gasteiger partial charge in [-0.3, -0.25) is 0 Å². The molecule has 0 unspecified atom stereocenters. The molecule has 0 radical (unpaired) electrons. The Labute approximate surface area is 99.8 Å². The topological polar surface area (TPSA) is 49.4 Å². The van der Waals surface area contributed by atoms with Crippen LogP contribution in [0.2, 0.25) is 0 Å². The van der Waals surface area contributed by atoms with E-state index in [1.807, 2.05) is 20.8 Å². The molecule has 96 valence electrons. The van der Waals surface area contributed by atoms with Gasteiger partial charge in [0.05, 0.1) is 5.75 Å². The molecule has 0 spiro atoms. The first kappa shape index (κ1) is 15.6. The fourth-order valence-electron chi connectivity index (χ4n) is 1.39. The van der Waals surface area contributed by atoms with Crippen molar-refractivity contribution >= 4 is 10.0 Å². The highest BCUT2D eigenvalue weighted by atomic mass is 32.2. The summed E-state index contributed by atoms with van der Waals surface area (Å²) in [6.07, 6.45) is 0.656. The summed E-state index contributed by atoms with van der Waals surface area (Å²) < 4.78 is 25.3. The maximum atomic E-state index is 11.9. The monoisotopic (exact) mass is 248 g/mol. The number of sulfonamides is 1. The van der Waals surface area contributed by atoms with E-state index in [4.69, 9.17) is 0 Å². The van der Waals surface area contributed by atoms with Gasteiger partial charge in [-0.1, -0.05) is 26.0 Å². The van der Waals surface area contributed by atoms with Crippen LogP contribution in [0.15, 0.2) is 12.2 Å². The second-order valence-electron chi connectivity index (χ2n) is 3.91. The van der Waals surface area contributed by atoms with Crippen molar-refractivity contribution in [3.63, 3.8) is 0 Å². The molecule has 16 heavy (non-hydrogen) atoms. The molecule has 0 amide bonds. The van der Waals surface area contributed by atoms with Gasteiger partial charge in [-0.05, 0) is 26.4 Å². The molecule has 0 saturated carbocycles. The summed E-state index contributed by atoms with van der Waals surface area (Å²) in [6.45, 7) is 12.0. The fraction of sp³-hybridized carbons (Fsp3) is 0.818. The van der Waals surface area contributed by atoms with E-state index in [0.717, 1.165) is 18.7 Å². The van der Waals surface area contributed by atoms with E-state index < -0.39 is 10.0 Å². The molecular formula is C11H24N2O2S. The first-order valence-electron chi connectivity index (χ1n) is 5.77. The summed E-state index contributed by atoms with van der Waals surface area (Å²) in [7, 11) is -3.12. The lowest BCUT2D eigenvalue weighted by Gasteiger charge is -2.20. The predicted molar refractivity (Wildman–Crippen MR) is 69.0 cm³/mol. The van der Waals surface area contributed by atoms with Crippen LogP contribution in [0.1, 0.15) is 27.2 Å². The van der Waals surface area contributed by atoms with Crippen LogP contribution in [-0.4, -0.2) is 44.7 Å². The molecule has 0 heterocycles. The second kappa shape index (κ2) is 7.81. The third kappa shape index (κ3) is 6.25. The molecule has 4 nitrogen and oxygen atoms in total. The van der Waals surface area contributed by atoms with Crippen LogP contribution in [-0.2, 0) is 10.0 Å². The molecule has 0 aromatic carbocycles. The van der Waals surface area contributed by atoms with Crippen LogP contribution < -0.4 is 5.32 Å². The molecule has 0 saturated heterocycles. The van der Waals surface area contributed by atoms with Crippen molar-refractivity contribution in [1.29, 1.82) is 0 Å². The van der Waals surface area contributed by atoms with Gasteiger partial charge in [0.2, 0.25) is 10.0 Å². The molecule has 5 heteroatoms. The standard InChI is InChI=1S/C11H24N2O2S/c1-5-12-8-7-9-16(14,15)13(6-2)10-11(3)4/h12H,3,5-10H2,1-2,4H3. The van der Waals surface area contributed by atoms with E-state index in [0.29, 0.717) is 19.5 Å². The quantitative estimate of drug-likeness (QED) is 0.493. The Hall–Kier alpha value is -0.390. The summed E-state index contributed by atoms with van der Waals surface area (Å²) in [5, 5.41) is 3.12. The molecule has 0 rings (SSSR count). The zero-order valence-corrected chi connectivity index (χ0v) is 11.4. The first-order valence-corrected chi connectivity index (χ1v) is 7.37. The molecule has 0 aliphatic rings. The van der Waals surface area contributed by atoms with Crippen molar-refractivity contribution in [2.24, 2.45) is 0 Å². The highest BCUT2D eigenvalue weighted by Crippen LogP contribution is 2.05. The van der Waals surface area contributed by atoms with Crippen LogP contribution in [0, 0.1) is 0 Å². The summed E-state index contributed by atoms with van der Waals surface area (Å²) in [6, 6.07) is 0. The van der Waals surface area contributed by atoms with E-state index in [2.05, 4.69) is 11.9 Å². The van der Waals surface area contributed by atoms with Crippen molar-refractivity contribution in [3.8, 4) is 0 Å². The molecule has 0 aliphatic heterocycles. The van der Waals surface area contributed by atoms with Gasteiger partial charge < -0.3 is 5.32 Å². The highest BCUT2D eigenvalue weighted by molar-refractivity contribution is 7.89. The van der Waals surface area contributed by atoms with Crippen LogP contribution in [0.3, 0.4) is 0 Å². The van der Waals surface area contributed by atoms with E-state index >= 15 is 0 Å². The Balaban J connectivity index is 4.21. The summed E-state index contributed by atoms with van der Waals surface area (Å²) in [5.74, 6) is 0.209. The number of rotatable bonds is 9. The maximum Gasteiger partial charge on any atom is 0.214 e. The van der Waals surface area contributed by atoms with Gasteiger partial charge in [-0.2, -0.15) is 4.31 Å². The molecule has 0 aromatic heterocycles. The van der Waals surface area contributed by atoms with Crippen LogP contribution in [0.5, 0.6) is 0 Å². The minimum absolute atomic E-state index is 0.209. The smallest absolute Gasteiger partial charge is 0.214 e. The number of hydrogen-bond donors (Lipinski definition) is 1. The molecule has 0 aliphatic carbocycles. The van der Waals surface area contributed by atoms with Gasteiger partial charge in [-0.15, -0.1) is 0 Å². The van der Waals surface area contributed by atoms with Gasteiger partial charge in [0, 0.05) is 13.1 Å². The Kier molecular flexibility index (Phi) is 7.62.